The molecular formula is C9H17BrN2. The summed E-state index contributed by atoms with van der Waals surface area (Å²) in [6, 6.07) is 1.09. The first-order valence-electron chi connectivity index (χ1n) is 4.50. The van der Waals surface area contributed by atoms with Crippen molar-refractivity contribution in [2.45, 2.75) is 37.8 Å². The molecule has 0 unspecified atom stereocenters. The molecule has 0 heterocycles. The van der Waals surface area contributed by atoms with E-state index in [9.17, 15) is 0 Å². The Morgan fingerprint density at radius 1 is 1.42 bits per heavy atom. The molecule has 1 saturated carbocycles. The van der Waals surface area contributed by atoms with Crippen molar-refractivity contribution in [3.63, 3.8) is 0 Å². The van der Waals surface area contributed by atoms with E-state index < -0.39 is 0 Å². The molecule has 0 amide bonds. The Bertz CT molecular complexity index is 151. The second kappa shape index (κ2) is 5.00. The number of nitrogens with two attached hydrogens (primary N) is 1. The van der Waals surface area contributed by atoms with Crippen molar-refractivity contribution >= 4 is 15.9 Å². The van der Waals surface area contributed by atoms with E-state index in [0.29, 0.717) is 12.1 Å². The van der Waals surface area contributed by atoms with Crippen LogP contribution in [0, 0.1) is 0 Å². The minimum atomic E-state index is 0.440. The average Bonchev–Trinajstić information content (AvgIpc) is 2.03. The van der Waals surface area contributed by atoms with Crippen molar-refractivity contribution in [3.05, 3.63) is 11.1 Å². The molecule has 0 aromatic carbocycles. The van der Waals surface area contributed by atoms with Gasteiger partial charge in [-0.25, -0.2) is 0 Å². The van der Waals surface area contributed by atoms with Crippen LogP contribution >= 0.6 is 15.9 Å². The molecule has 1 aliphatic carbocycles. The average molecular weight is 233 g/mol. The van der Waals surface area contributed by atoms with Gasteiger partial charge in [0.25, 0.3) is 0 Å². The summed E-state index contributed by atoms with van der Waals surface area (Å²) in [5.41, 5.74) is 5.80. The summed E-state index contributed by atoms with van der Waals surface area (Å²) in [5.74, 6) is 0. The van der Waals surface area contributed by atoms with E-state index in [4.69, 9.17) is 5.73 Å². The summed E-state index contributed by atoms with van der Waals surface area (Å²) in [6.07, 6.45) is 4.74. The van der Waals surface area contributed by atoms with Crippen LogP contribution in [0.5, 0.6) is 0 Å². The molecule has 12 heavy (non-hydrogen) atoms. The molecular weight excluding hydrogens is 216 g/mol. The lowest BCUT2D eigenvalue weighted by atomic mass is 9.92. The molecule has 2 nitrogen and oxygen atoms in total. The SMILES string of the molecule is C=C(Br)CNC1CCC(N)CC1. The molecule has 70 valence electrons. The van der Waals surface area contributed by atoms with E-state index >= 15 is 0 Å². The van der Waals surface area contributed by atoms with E-state index in [2.05, 4.69) is 27.8 Å². The second-order valence-corrected chi connectivity index (χ2v) is 4.63. The molecule has 0 atom stereocenters. The van der Waals surface area contributed by atoms with Crippen molar-refractivity contribution in [1.29, 1.82) is 0 Å². The predicted molar refractivity (Wildman–Crippen MR) is 56.3 cm³/mol. The highest BCUT2D eigenvalue weighted by atomic mass is 79.9. The zero-order valence-electron chi connectivity index (χ0n) is 7.35. The highest BCUT2D eigenvalue weighted by Crippen LogP contribution is 2.17. The number of nitrogens with one attached hydrogen (secondary N) is 1. The summed E-state index contributed by atoms with van der Waals surface area (Å²) in [6.45, 7) is 4.66. The summed E-state index contributed by atoms with van der Waals surface area (Å²) >= 11 is 3.33. The summed E-state index contributed by atoms with van der Waals surface area (Å²) in [7, 11) is 0. The normalized spacial score (nSPS) is 30.2. The Morgan fingerprint density at radius 3 is 2.50 bits per heavy atom. The third kappa shape index (κ3) is 3.70. The van der Waals surface area contributed by atoms with Crippen LogP contribution in [0.3, 0.4) is 0 Å². The van der Waals surface area contributed by atoms with Crippen LogP contribution in [0.2, 0.25) is 0 Å². The quantitative estimate of drug-likeness (QED) is 0.779. The smallest absolute Gasteiger partial charge is 0.0268 e. The first-order valence-corrected chi connectivity index (χ1v) is 5.30. The molecule has 3 N–H and O–H groups in total. The lowest BCUT2D eigenvalue weighted by molar-refractivity contribution is 0.351. The number of hydrogen-bond donors (Lipinski definition) is 2. The second-order valence-electron chi connectivity index (χ2n) is 3.51. The molecule has 1 fully saturated rings. The van der Waals surface area contributed by atoms with Crippen molar-refractivity contribution in [3.8, 4) is 0 Å². The number of rotatable bonds is 3. The lowest BCUT2D eigenvalue weighted by Crippen LogP contribution is -2.37. The zero-order valence-corrected chi connectivity index (χ0v) is 8.94. The maximum absolute atomic E-state index is 5.80. The molecule has 0 bridgehead atoms. The third-order valence-corrected chi connectivity index (χ3v) is 2.63. The molecule has 0 radical (unpaired) electrons. The largest absolute Gasteiger partial charge is 0.328 e. The first kappa shape index (κ1) is 10.2. The van der Waals surface area contributed by atoms with Crippen LogP contribution < -0.4 is 11.1 Å². The fourth-order valence-corrected chi connectivity index (χ4v) is 1.74. The summed E-state index contributed by atoms with van der Waals surface area (Å²) in [5, 5.41) is 3.44. The Morgan fingerprint density at radius 2 is 2.00 bits per heavy atom. The van der Waals surface area contributed by atoms with Crippen LogP contribution in [0.25, 0.3) is 0 Å². The monoisotopic (exact) mass is 232 g/mol. The van der Waals surface area contributed by atoms with Gasteiger partial charge in [-0.2, -0.15) is 0 Å². The van der Waals surface area contributed by atoms with E-state index in [1.54, 1.807) is 0 Å². The van der Waals surface area contributed by atoms with Gasteiger partial charge in [-0.05, 0) is 25.7 Å². The van der Waals surface area contributed by atoms with Crippen molar-refractivity contribution in [2.75, 3.05) is 6.54 Å². The Balaban J connectivity index is 2.13. The molecule has 0 aromatic heterocycles. The van der Waals surface area contributed by atoms with Crippen molar-refractivity contribution in [2.24, 2.45) is 5.73 Å². The molecule has 0 aromatic rings. The van der Waals surface area contributed by atoms with Crippen molar-refractivity contribution < 1.29 is 0 Å². The van der Waals surface area contributed by atoms with Gasteiger partial charge in [0, 0.05) is 23.1 Å². The van der Waals surface area contributed by atoms with Crippen LogP contribution in [0.4, 0.5) is 0 Å². The van der Waals surface area contributed by atoms with Crippen LogP contribution in [-0.4, -0.2) is 18.6 Å². The highest BCUT2D eigenvalue weighted by Gasteiger charge is 2.17. The molecule has 0 saturated heterocycles. The molecule has 3 heteroatoms. The minimum absolute atomic E-state index is 0.440. The maximum atomic E-state index is 5.80. The summed E-state index contributed by atoms with van der Waals surface area (Å²) in [4.78, 5) is 0. The van der Waals surface area contributed by atoms with E-state index in [-0.39, 0.29) is 0 Å². The van der Waals surface area contributed by atoms with E-state index in [1.165, 1.54) is 12.8 Å². The summed E-state index contributed by atoms with van der Waals surface area (Å²) < 4.78 is 1.03. The predicted octanol–water partition coefficient (Wildman–Crippen LogP) is 1.75. The van der Waals surface area contributed by atoms with Gasteiger partial charge in [-0.1, -0.05) is 22.5 Å². The van der Waals surface area contributed by atoms with E-state index in [1.807, 2.05) is 0 Å². The van der Waals surface area contributed by atoms with Crippen LogP contribution in [0.15, 0.2) is 11.1 Å². The van der Waals surface area contributed by atoms with Crippen LogP contribution in [0.1, 0.15) is 25.7 Å². The van der Waals surface area contributed by atoms with Gasteiger partial charge in [0.1, 0.15) is 0 Å². The van der Waals surface area contributed by atoms with Gasteiger partial charge in [0.2, 0.25) is 0 Å². The molecule has 1 rings (SSSR count). The molecule has 0 aliphatic heterocycles. The molecule has 0 spiro atoms. The fourth-order valence-electron chi connectivity index (χ4n) is 1.58. The topological polar surface area (TPSA) is 38.0 Å². The van der Waals surface area contributed by atoms with Gasteiger partial charge in [0.05, 0.1) is 0 Å². The van der Waals surface area contributed by atoms with Crippen LogP contribution in [-0.2, 0) is 0 Å². The van der Waals surface area contributed by atoms with Gasteiger partial charge in [0.15, 0.2) is 0 Å². The Kier molecular flexibility index (Phi) is 4.26. The van der Waals surface area contributed by atoms with E-state index in [0.717, 1.165) is 23.9 Å². The van der Waals surface area contributed by atoms with Gasteiger partial charge >= 0.3 is 0 Å². The Labute approximate surface area is 82.7 Å². The maximum Gasteiger partial charge on any atom is 0.0268 e. The minimum Gasteiger partial charge on any atom is -0.328 e. The lowest BCUT2D eigenvalue weighted by Gasteiger charge is -2.26. The van der Waals surface area contributed by atoms with Gasteiger partial charge in [-0.3, -0.25) is 0 Å². The third-order valence-electron chi connectivity index (χ3n) is 2.35. The Hall–Kier alpha value is 0.140. The highest BCUT2D eigenvalue weighted by molar-refractivity contribution is 9.11. The van der Waals surface area contributed by atoms with Gasteiger partial charge < -0.3 is 11.1 Å². The number of hydrogen-bond acceptors (Lipinski definition) is 2. The molecule has 1 aliphatic rings. The number of halogens is 1. The standard InChI is InChI=1S/C9H17BrN2/c1-7(10)6-12-9-4-2-8(11)3-5-9/h8-9,12H,1-6,11H2. The van der Waals surface area contributed by atoms with Crippen molar-refractivity contribution in [1.82, 2.24) is 5.32 Å². The zero-order chi connectivity index (χ0) is 8.97. The fraction of sp³-hybridized carbons (Fsp3) is 0.778. The first-order chi connectivity index (χ1) is 5.68. The van der Waals surface area contributed by atoms with Gasteiger partial charge in [-0.15, -0.1) is 0 Å².